The number of hydrogen-bond acceptors (Lipinski definition) is 6. The summed E-state index contributed by atoms with van der Waals surface area (Å²) in [6, 6.07) is 0. The summed E-state index contributed by atoms with van der Waals surface area (Å²) in [5.41, 5.74) is 0.262. The molecule has 92 valence electrons. The van der Waals surface area contributed by atoms with Crippen molar-refractivity contribution in [3.05, 3.63) is 5.69 Å². The molecular weight excluding hydrogens is 224 g/mol. The maximum atomic E-state index is 9.78. The van der Waals surface area contributed by atoms with E-state index in [2.05, 4.69) is 26.7 Å². The van der Waals surface area contributed by atoms with Crippen LogP contribution in [0.5, 0.6) is 0 Å². The lowest BCUT2D eigenvalue weighted by Crippen LogP contribution is -2.38. The maximum Gasteiger partial charge on any atom is 0.134 e. The van der Waals surface area contributed by atoms with Crippen LogP contribution in [0.2, 0.25) is 0 Å². The molecule has 2 N–H and O–H groups in total. The van der Waals surface area contributed by atoms with Crippen LogP contribution in [-0.4, -0.2) is 45.3 Å². The van der Waals surface area contributed by atoms with E-state index >= 15 is 0 Å². The zero-order chi connectivity index (χ0) is 12.2. The first-order valence-electron chi connectivity index (χ1n) is 5.40. The van der Waals surface area contributed by atoms with E-state index in [-0.39, 0.29) is 0 Å². The van der Waals surface area contributed by atoms with Gasteiger partial charge in [0.15, 0.2) is 0 Å². The molecule has 0 saturated heterocycles. The molecule has 0 saturated carbocycles. The van der Waals surface area contributed by atoms with Crippen LogP contribution in [0.25, 0.3) is 0 Å². The van der Waals surface area contributed by atoms with Crippen LogP contribution in [0.4, 0.5) is 5.00 Å². The van der Waals surface area contributed by atoms with Gasteiger partial charge in [-0.3, -0.25) is 4.90 Å². The standard InChI is InChI=1S/C10H20N4OS/c1-5-14(7-10(2,3)15)6-8-9(11-4)16-13-12-8/h11,15H,5-7H2,1-4H3. The maximum absolute atomic E-state index is 9.78. The molecule has 0 unspecified atom stereocenters. The summed E-state index contributed by atoms with van der Waals surface area (Å²) in [4.78, 5) is 2.15. The van der Waals surface area contributed by atoms with Gasteiger partial charge in [0.2, 0.25) is 0 Å². The molecule has 0 aliphatic rings. The van der Waals surface area contributed by atoms with Gasteiger partial charge in [0.05, 0.1) is 5.60 Å². The van der Waals surface area contributed by atoms with E-state index in [9.17, 15) is 5.11 Å². The van der Waals surface area contributed by atoms with Crippen molar-refractivity contribution in [1.29, 1.82) is 0 Å². The van der Waals surface area contributed by atoms with E-state index in [1.165, 1.54) is 11.5 Å². The second-order valence-corrected chi connectivity index (χ2v) is 5.17. The third-order valence-electron chi connectivity index (χ3n) is 2.21. The molecule has 5 nitrogen and oxygen atoms in total. The molecule has 0 aliphatic heterocycles. The third kappa shape index (κ3) is 4.03. The second kappa shape index (κ2) is 5.56. The molecule has 0 atom stereocenters. The van der Waals surface area contributed by atoms with Gasteiger partial charge >= 0.3 is 0 Å². The molecule has 0 aliphatic carbocycles. The molecule has 0 aromatic carbocycles. The van der Waals surface area contributed by atoms with E-state index in [1.54, 1.807) is 0 Å². The zero-order valence-corrected chi connectivity index (χ0v) is 11.1. The fourth-order valence-electron chi connectivity index (χ4n) is 1.54. The van der Waals surface area contributed by atoms with E-state index < -0.39 is 5.60 Å². The molecule has 0 spiro atoms. The topological polar surface area (TPSA) is 61.3 Å². The minimum Gasteiger partial charge on any atom is -0.389 e. The van der Waals surface area contributed by atoms with Crippen molar-refractivity contribution in [2.75, 3.05) is 25.5 Å². The third-order valence-corrected chi connectivity index (χ3v) is 3.00. The van der Waals surface area contributed by atoms with Crippen LogP contribution < -0.4 is 5.32 Å². The first kappa shape index (κ1) is 13.3. The smallest absolute Gasteiger partial charge is 0.134 e. The van der Waals surface area contributed by atoms with Gasteiger partial charge in [0, 0.05) is 31.7 Å². The Labute approximate surface area is 101 Å². The Morgan fingerprint density at radius 3 is 2.69 bits per heavy atom. The number of aliphatic hydroxyl groups is 1. The fourth-order valence-corrected chi connectivity index (χ4v) is 2.06. The highest BCUT2D eigenvalue weighted by molar-refractivity contribution is 7.10. The Bertz CT molecular complexity index is 321. The van der Waals surface area contributed by atoms with Gasteiger partial charge in [-0.2, -0.15) is 0 Å². The first-order chi connectivity index (χ1) is 7.46. The summed E-state index contributed by atoms with van der Waals surface area (Å²) in [6.07, 6.45) is 0. The zero-order valence-electron chi connectivity index (χ0n) is 10.3. The molecule has 0 fully saturated rings. The predicted octanol–water partition coefficient (Wildman–Crippen LogP) is 1.17. The summed E-state index contributed by atoms with van der Waals surface area (Å²) >= 11 is 1.36. The molecular formula is C10H20N4OS. The number of nitrogens with one attached hydrogen (secondary N) is 1. The molecule has 1 aromatic rings. The Hall–Kier alpha value is -0.720. The molecule has 0 radical (unpaired) electrons. The van der Waals surface area contributed by atoms with Crippen LogP contribution in [0.15, 0.2) is 0 Å². The monoisotopic (exact) mass is 244 g/mol. The van der Waals surface area contributed by atoms with E-state index in [0.29, 0.717) is 13.1 Å². The number of nitrogens with zero attached hydrogens (tertiary/aromatic N) is 3. The van der Waals surface area contributed by atoms with E-state index in [4.69, 9.17) is 0 Å². The molecule has 0 amide bonds. The van der Waals surface area contributed by atoms with Crippen LogP contribution in [-0.2, 0) is 6.54 Å². The Morgan fingerprint density at radius 1 is 1.50 bits per heavy atom. The number of hydrogen-bond donors (Lipinski definition) is 2. The largest absolute Gasteiger partial charge is 0.389 e. The van der Waals surface area contributed by atoms with Crippen molar-refractivity contribution in [2.24, 2.45) is 0 Å². The van der Waals surface area contributed by atoms with Gasteiger partial charge in [0.25, 0.3) is 0 Å². The van der Waals surface area contributed by atoms with Crippen LogP contribution in [0.1, 0.15) is 26.5 Å². The summed E-state index contributed by atoms with van der Waals surface area (Å²) in [5.74, 6) is 0. The minimum atomic E-state index is -0.681. The van der Waals surface area contributed by atoms with Crippen molar-refractivity contribution in [1.82, 2.24) is 14.5 Å². The Morgan fingerprint density at radius 2 is 2.19 bits per heavy atom. The van der Waals surface area contributed by atoms with Crippen molar-refractivity contribution in [3.8, 4) is 0 Å². The summed E-state index contributed by atoms with van der Waals surface area (Å²) in [6.45, 7) is 7.93. The normalized spacial score (nSPS) is 12.1. The van der Waals surface area contributed by atoms with E-state index in [0.717, 1.165) is 17.2 Å². The van der Waals surface area contributed by atoms with Crippen molar-refractivity contribution in [3.63, 3.8) is 0 Å². The molecule has 1 rings (SSSR count). The van der Waals surface area contributed by atoms with Crippen LogP contribution >= 0.6 is 11.5 Å². The van der Waals surface area contributed by atoms with Crippen molar-refractivity contribution < 1.29 is 5.11 Å². The Balaban J connectivity index is 2.63. The SMILES string of the molecule is CCN(Cc1nnsc1NC)CC(C)(C)O. The Kier molecular flexibility index (Phi) is 4.64. The summed E-state index contributed by atoms with van der Waals surface area (Å²) < 4.78 is 3.92. The molecule has 6 heteroatoms. The van der Waals surface area contributed by atoms with Crippen molar-refractivity contribution >= 4 is 16.5 Å². The molecule has 1 heterocycles. The van der Waals surface area contributed by atoms with Crippen LogP contribution in [0.3, 0.4) is 0 Å². The van der Waals surface area contributed by atoms with Gasteiger partial charge in [-0.25, -0.2) is 0 Å². The van der Waals surface area contributed by atoms with Gasteiger partial charge in [-0.15, -0.1) is 5.10 Å². The number of anilines is 1. The molecule has 1 aromatic heterocycles. The van der Waals surface area contributed by atoms with Crippen LogP contribution in [0, 0.1) is 0 Å². The first-order valence-corrected chi connectivity index (χ1v) is 6.17. The predicted molar refractivity (Wildman–Crippen MR) is 66.7 cm³/mol. The number of aromatic nitrogens is 2. The lowest BCUT2D eigenvalue weighted by Gasteiger charge is -2.27. The lowest BCUT2D eigenvalue weighted by atomic mass is 10.1. The average molecular weight is 244 g/mol. The summed E-state index contributed by atoms with van der Waals surface area (Å²) in [5, 5.41) is 17.9. The lowest BCUT2D eigenvalue weighted by molar-refractivity contribution is 0.0350. The van der Waals surface area contributed by atoms with Gasteiger partial charge < -0.3 is 10.4 Å². The highest BCUT2D eigenvalue weighted by Gasteiger charge is 2.19. The van der Waals surface area contributed by atoms with Gasteiger partial charge in [-0.05, 0) is 20.4 Å². The highest BCUT2D eigenvalue weighted by atomic mass is 32.1. The summed E-state index contributed by atoms with van der Waals surface area (Å²) in [7, 11) is 1.87. The molecule has 0 bridgehead atoms. The van der Waals surface area contributed by atoms with Gasteiger partial charge in [0.1, 0.15) is 10.7 Å². The minimum absolute atomic E-state index is 0.629. The molecule has 16 heavy (non-hydrogen) atoms. The number of likely N-dealkylation sites (N-methyl/N-ethyl adjacent to an activating group) is 1. The van der Waals surface area contributed by atoms with Crippen molar-refractivity contribution in [2.45, 2.75) is 32.9 Å². The average Bonchev–Trinajstić information content (AvgIpc) is 2.62. The fraction of sp³-hybridized carbons (Fsp3) is 0.800. The second-order valence-electron chi connectivity index (χ2n) is 4.41. The number of rotatable bonds is 6. The van der Waals surface area contributed by atoms with Gasteiger partial charge in [-0.1, -0.05) is 11.4 Å². The quantitative estimate of drug-likeness (QED) is 0.786. The highest BCUT2D eigenvalue weighted by Crippen LogP contribution is 2.19. The van der Waals surface area contributed by atoms with E-state index in [1.807, 2.05) is 20.9 Å².